The molecule has 0 bridgehead atoms. The molecule has 13 heteroatoms. The molecule has 63 heavy (non-hydrogen) atoms. The molecule has 12 nitrogen and oxygen atoms in total. The van der Waals surface area contributed by atoms with Gasteiger partial charge in [0.15, 0.2) is 0 Å². The van der Waals surface area contributed by atoms with Crippen LogP contribution < -0.4 is 9.47 Å². The Morgan fingerprint density at radius 2 is 1.10 bits per heavy atom. The Bertz CT molecular complexity index is 2340. The summed E-state index contributed by atoms with van der Waals surface area (Å²) < 4.78 is 11.2. The summed E-state index contributed by atoms with van der Waals surface area (Å²) in [4.78, 5) is 52.3. The molecule has 2 aromatic carbocycles. The minimum Gasteiger partial charge on any atom is -0.410 e. The van der Waals surface area contributed by atoms with Crippen molar-refractivity contribution in [2.75, 3.05) is 58.9 Å². The van der Waals surface area contributed by atoms with Crippen LogP contribution in [-0.2, 0) is 38.6 Å². The van der Waals surface area contributed by atoms with Gasteiger partial charge in [-0.1, -0.05) is 42.5 Å². The molecule has 4 aromatic heterocycles. The molecule has 2 aliphatic rings. The van der Waals surface area contributed by atoms with Crippen LogP contribution in [0.25, 0.3) is 0 Å². The van der Waals surface area contributed by atoms with E-state index >= 15 is 0 Å². The van der Waals surface area contributed by atoms with Crippen LogP contribution in [0.5, 0.6) is 11.5 Å². The van der Waals surface area contributed by atoms with E-state index in [-0.39, 0.29) is 12.2 Å². The van der Waals surface area contributed by atoms with Gasteiger partial charge in [-0.3, -0.25) is 24.8 Å². The molecule has 2 aliphatic heterocycles. The van der Waals surface area contributed by atoms with Crippen LogP contribution in [0.2, 0.25) is 0 Å². The van der Waals surface area contributed by atoms with E-state index in [1.807, 2.05) is 104 Å². The van der Waals surface area contributed by atoms with Gasteiger partial charge >= 0.3 is 12.2 Å². The molecular formula is C50H58N8O4S. The number of nitrogens with zero attached hydrogens (tertiary/aromatic N) is 8. The van der Waals surface area contributed by atoms with E-state index in [0.29, 0.717) is 37.7 Å². The molecule has 8 rings (SSSR count). The van der Waals surface area contributed by atoms with E-state index in [9.17, 15) is 9.59 Å². The predicted molar refractivity (Wildman–Crippen MR) is 247 cm³/mol. The van der Waals surface area contributed by atoms with E-state index in [1.165, 1.54) is 21.6 Å². The normalized spacial score (nSPS) is 14.5. The first-order valence-electron chi connectivity index (χ1n) is 21.9. The number of aryl methyl sites for hydroxylation is 7. The quantitative estimate of drug-likeness (QED) is 0.113. The van der Waals surface area contributed by atoms with Gasteiger partial charge in [0.25, 0.3) is 0 Å². The maximum atomic E-state index is 12.6. The van der Waals surface area contributed by atoms with Crippen molar-refractivity contribution in [1.82, 2.24) is 39.5 Å². The predicted octanol–water partition coefficient (Wildman–Crippen LogP) is 8.19. The number of thiazole rings is 1. The fourth-order valence-electron chi connectivity index (χ4n) is 7.62. The number of carbonyl (C=O) groups is 2. The molecule has 6 aromatic rings. The summed E-state index contributed by atoms with van der Waals surface area (Å²) in [5.41, 5.74) is 10.9. The highest BCUT2D eigenvalue weighted by Crippen LogP contribution is 2.19. The Hall–Kier alpha value is -6.02. The zero-order valence-electron chi connectivity index (χ0n) is 36.7. The average Bonchev–Trinajstić information content (AvgIpc) is 3.73. The Labute approximate surface area is 375 Å². The summed E-state index contributed by atoms with van der Waals surface area (Å²) >= 11 is 1.72. The summed E-state index contributed by atoms with van der Waals surface area (Å²) in [7, 11) is 0. The van der Waals surface area contributed by atoms with Crippen molar-refractivity contribution >= 4 is 23.5 Å². The van der Waals surface area contributed by atoms with Crippen LogP contribution in [-0.4, -0.2) is 111 Å². The van der Waals surface area contributed by atoms with Gasteiger partial charge in [0.05, 0.1) is 11.2 Å². The van der Waals surface area contributed by atoms with E-state index in [0.717, 1.165) is 99.8 Å². The second-order valence-corrected chi connectivity index (χ2v) is 17.1. The molecule has 0 atom stereocenters. The van der Waals surface area contributed by atoms with E-state index in [1.54, 1.807) is 27.3 Å². The van der Waals surface area contributed by atoms with Crippen molar-refractivity contribution in [2.45, 2.75) is 59.4 Å². The maximum Gasteiger partial charge on any atom is 0.415 e. The van der Waals surface area contributed by atoms with Crippen molar-refractivity contribution < 1.29 is 19.1 Å². The standard InChI is InChI=1S/C25H30N4O2S.C25H28N4O2/c1-19-4-3-5-22(27-19)9-6-21-7-10-23(11-8-21)31-25(30)29-16-14-28(15-17-29)13-12-24-20(2)26-18-32-24;1-20-4-2-6-23(27-20)10-7-21-8-11-24(12-9-21)31-25(30)29-16-14-28(15-17-29)19-22-5-3-13-26-18-22/h3-5,7-8,10-11,18H,6,9,12-17H2,1-2H3;2-6,8-9,11-13,18H,7,10,14-17,19H2,1H3. The van der Waals surface area contributed by atoms with Crippen LogP contribution in [0, 0.1) is 20.8 Å². The Morgan fingerprint density at radius 3 is 1.56 bits per heavy atom. The third kappa shape index (κ3) is 14.3. The number of aromatic nitrogens is 4. The molecular weight excluding hydrogens is 809 g/mol. The van der Waals surface area contributed by atoms with E-state index < -0.39 is 0 Å². The third-order valence-electron chi connectivity index (χ3n) is 11.4. The average molecular weight is 867 g/mol. The number of pyridine rings is 3. The van der Waals surface area contributed by atoms with Crippen LogP contribution >= 0.6 is 11.3 Å². The summed E-state index contributed by atoms with van der Waals surface area (Å²) in [6, 6.07) is 31.8. The van der Waals surface area contributed by atoms with Crippen LogP contribution in [0.4, 0.5) is 9.59 Å². The van der Waals surface area contributed by atoms with Gasteiger partial charge in [0.1, 0.15) is 11.5 Å². The summed E-state index contributed by atoms with van der Waals surface area (Å²) in [5, 5.41) is 0. The van der Waals surface area contributed by atoms with Gasteiger partial charge < -0.3 is 19.3 Å². The molecule has 0 aliphatic carbocycles. The first kappa shape index (κ1) is 45.0. The van der Waals surface area contributed by atoms with Crippen molar-refractivity contribution in [3.05, 3.63) is 165 Å². The highest BCUT2D eigenvalue weighted by atomic mass is 32.1. The molecule has 328 valence electrons. The third-order valence-corrected chi connectivity index (χ3v) is 12.4. The second kappa shape index (κ2) is 22.9. The number of ether oxygens (including phenoxy) is 2. The summed E-state index contributed by atoms with van der Waals surface area (Å²) in [6.45, 7) is 14.1. The van der Waals surface area contributed by atoms with Crippen molar-refractivity contribution in [1.29, 1.82) is 0 Å². The highest BCUT2D eigenvalue weighted by molar-refractivity contribution is 7.09. The van der Waals surface area contributed by atoms with Gasteiger partial charge in [0.2, 0.25) is 0 Å². The maximum absolute atomic E-state index is 12.6. The lowest BCUT2D eigenvalue weighted by molar-refractivity contribution is 0.108. The lowest BCUT2D eigenvalue weighted by atomic mass is 10.1. The number of hydrogen-bond donors (Lipinski definition) is 0. The number of hydrogen-bond acceptors (Lipinski definition) is 11. The van der Waals surface area contributed by atoms with Crippen molar-refractivity contribution in [2.24, 2.45) is 0 Å². The number of carbonyl (C=O) groups excluding carboxylic acids is 2. The molecule has 0 spiro atoms. The molecule has 6 heterocycles. The fourth-order valence-corrected chi connectivity index (χ4v) is 8.39. The van der Waals surface area contributed by atoms with Gasteiger partial charge in [-0.15, -0.1) is 11.3 Å². The first-order chi connectivity index (χ1) is 30.7. The SMILES string of the molecule is Cc1cccc(CCc2ccc(OC(=O)N3CCN(CCc4scnc4C)CC3)cc2)n1.Cc1cccc(CCc2ccc(OC(=O)N3CCN(Cc4cccnc4)CC3)cc2)n1. The molecule has 0 saturated carbocycles. The van der Waals surface area contributed by atoms with E-state index in [2.05, 4.69) is 54.9 Å². The first-order valence-corrected chi connectivity index (χ1v) is 22.8. The fraction of sp³-hybridized carbons (Fsp3) is 0.360. The molecule has 0 N–H and O–H groups in total. The minimum absolute atomic E-state index is 0.264. The van der Waals surface area contributed by atoms with E-state index in [4.69, 9.17) is 9.47 Å². The highest BCUT2D eigenvalue weighted by Gasteiger charge is 2.24. The van der Waals surface area contributed by atoms with Crippen molar-refractivity contribution in [3.63, 3.8) is 0 Å². The number of piperazine rings is 2. The molecule has 2 saturated heterocycles. The molecule has 0 radical (unpaired) electrons. The molecule has 2 amide bonds. The minimum atomic E-state index is -0.280. The lowest BCUT2D eigenvalue weighted by Crippen LogP contribution is -2.49. The van der Waals surface area contributed by atoms with Gasteiger partial charge in [-0.05, 0) is 124 Å². The largest absolute Gasteiger partial charge is 0.415 e. The van der Waals surface area contributed by atoms with Crippen molar-refractivity contribution in [3.8, 4) is 11.5 Å². The van der Waals surface area contributed by atoms with Gasteiger partial charge in [-0.25, -0.2) is 14.6 Å². The smallest absolute Gasteiger partial charge is 0.410 e. The van der Waals surface area contributed by atoms with Gasteiger partial charge in [-0.2, -0.15) is 0 Å². The topological polar surface area (TPSA) is 117 Å². The van der Waals surface area contributed by atoms with Crippen LogP contribution in [0.1, 0.15) is 50.0 Å². The Kier molecular flexibility index (Phi) is 16.4. The molecule has 2 fully saturated rings. The zero-order valence-corrected chi connectivity index (χ0v) is 37.5. The Morgan fingerprint density at radius 1 is 0.571 bits per heavy atom. The Balaban J connectivity index is 0.000000189. The lowest BCUT2D eigenvalue weighted by Gasteiger charge is -2.33. The zero-order chi connectivity index (χ0) is 43.8. The summed E-state index contributed by atoms with van der Waals surface area (Å²) in [6.07, 6.45) is 7.76. The second-order valence-electron chi connectivity index (χ2n) is 16.1. The van der Waals surface area contributed by atoms with Crippen LogP contribution in [0.15, 0.2) is 115 Å². The number of benzene rings is 2. The van der Waals surface area contributed by atoms with Gasteiger partial charge in [0, 0.05) is 105 Å². The number of amides is 2. The molecule has 0 unspecified atom stereocenters. The number of rotatable bonds is 13. The van der Waals surface area contributed by atoms with Crippen LogP contribution in [0.3, 0.4) is 0 Å². The monoisotopic (exact) mass is 866 g/mol. The summed E-state index contributed by atoms with van der Waals surface area (Å²) in [5.74, 6) is 1.18.